The Balaban J connectivity index is 0.00000612. The minimum absolute atomic E-state index is 0. The van der Waals surface area contributed by atoms with Gasteiger partial charge in [0.25, 0.3) is 0 Å². The van der Waals surface area contributed by atoms with E-state index in [1.54, 1.807) is 0 Å². The van der Waals surface area contributed by atoms with E-state index in [0.717, 1.165) is 12.1 Å². The maximum Gasteiger partial charge on any atom is 1.00 e. The first-order chi connectivity index (χ1) is 16.1. The van der Waals surface area contributed by atoms with Crippen LogP contribution in [-0.4, -0.2) is 25.9 Å². The summed E-state index contributed by atoms with van der Waals surface area (Å²) in [6.07, 6.45) is 3.28. The molecule has 0 aliphatic carbocycles. The number of rotatable bonds is 12. The minimum Gasteiger partial charge on any atom is -0.744 e. The van der Waals surface area contributed by atoms with E-state index in [-0.39, 0.29) is 104 Å². The number of unbranched alkanes of at least 4 members (excludes halogenated alkanes) is 4. The first-order valence-corrected chi connectivity index (χ1v) is 13.2. The molecule has 0 amide bonds. The van der Waals surface area contributed by atoms with Crippen LogP contribution in [0.25, 0.3) is 0 Å². The molecule has 0 saturated carbocycles. The molecule has 0 N–H and O–H groups in total. The smallest absolute Gasteiger partial charge is 0.744 e. The Morgan fingerprint density at radius 3 is 1.33 bits per heavy atom. The average molecular weight is 549 g/mol. The van der Waals surface area contributed by atoms with Crippen molar-refractivity contribution in [2.24, 2.45) is 10.2 Å². The van der Waals surface area contributed by atoms with Crippen LogP contribution in [0.5, 0.6) is 0 Å². The van der Waals surface area contributed by atoms with Crippen molar-refractivity contribution in [2.75, 3.05) is 0 Å². The molecule has 0 aliphatic rings. The minimum atomic E-state index is -4.69. The molecule has 14 heteroatoms. The van der Waals surface area contributed by atoms with Crippen LogP contribution in [0.15, 0.2) is 56.4 Å². The Bertz CT molecular complexity index is 1250. The number of nitrogens with zero attached hydrogens (tertiary/aromatic N) is 4. The van der Waals surface area contributed by atoms with Gasteiger partial charge in [-0.15, -0.1) is 0 Å². The maximum absolute atomic E-state index is 11.6. The van der Waals surface area contributed by atoms with Crippen LogP contribution < -0.4 is 59.1 Å². The van der Waals surface area contributed by atoms with Crippen LogP contribution in [0.1, 0.15) is 49.7 Å². The van der Waals surface area contributed by atoms with Gasteiger partial charge in [-0.2, -0.15) is 20.8 Å². The molecule has 0 radical (unpaired) electrons. The summed E-state index contributed by atoms with van der Waals surface area (Å²) in [5, 5.41) is 25.4. The molecule has 0 aliphatic heterocycles. The third-order valence-electron chi connectivity index (χ3n) is 4.88. The third kappa shape index (κ3) is 11.5. The molecule has 36 heavy (non-hydrogen) atoms. The third-order valence-corrected chi connectivity index (χ3v) is 6.75. The van der Waals surface area contributed by atoms with Gasteiger partial charge in [0.1, 0.15) is 20.2 Å². The Labute approximate surface area is 255 Å². The van der Waals surface area contributed by atoms with Crippen molar-refractivity contribution in [3.8, 4) is 12.1 Å². The average Bonchev–Trinajstić information content (AvgIpc) is 2.77. The number of nitriles is 2. The second-order valence-corrected chi connectivity index (χ2v) is 10.1. The van der Waals surface area contributed by atoms with Gasteiger partial charge in [0.05, 0.1) is 33.3 Å². The van der Waals surface area contributed by atoms with Gasteiger partial charge in [-0.1, -0.05) is 0 Å². The van der Waals surface area contributed by atoms with E-state index in [1.165, 1.54) is 24.3 Å². The summed E-state index contributed by atoms with van der Waals surface area (Å²) < 4.78 is 69.3. The molecule has 0 atom stereocenters. The fourth-order valence-corrected chi connectivity index (χ4v) is 4.72. The molecule has 0 bridgehead atoms. The van der Waals surface area contributed by atoms with Crippen LogP contribution in [0, 0.1) is 22.7 Å². The molecule has 0 aromatic heterocycles. The van der Waals surface area contributed by atoms with E-state index in [2.05, 4.69) is 10.2 Å². The van der Waals surface area contributed by atoms with Crippen LogP contribution in [0.3, 0.4) is 0 Å². The van der Waals surface area contributed by atoms with Crippen molar-refractivity contribution in [3.05, 3.63) is 47.5 Å². The van der Waals surface area contributed by atoms with Crippen molar-refractivity contribution in [1.82, 2.24) is 0 Å². The van der Waals surface area contributed by atoms with Gasteiger partial charge < -0.3 is 9.11 Å². The summed E-state index contributed by atoms with van der Waals surface area (Å²) in [7, 11) is -9.38. The largest absolute Gasteiger partial charge is 1.00 e. The normalized spacial score (nSPS) is 11.2. The van der Waals surface area contributed by atoms with E-state index in [9.17, 15) is 25.9 Å². The van der Waals surface area contributed by atoms with E-state index in [1.807, 2.05) is 12.1 Å². The number of hydrogen-bond acceptors (Lipinski definition) is 10. The summed E-state index contributed by atoms with van der Waals surface area (Å²) in [5.41, 5.74) is 1.10. The van der Waals surface area contributed by atoms with Crippen LogP contribution in [-0.2, 0) is 33.1 Å². The Morgan fingerprint density at radius 1 is 0.667 bits per heavy atom. The summed E-state index contributed by atoms with van der Waals surface area (Å²) in [6.45, 7) is 0. The molecular weight excluding hydrogens is 526 g/mol. The van der Waals surface area contributed by atoms with Crippen molar-refractivity contribution in [1.29, 1.82) is 10.5 Å². The van der Waals surface area contributed by atoms with Crippen LogP contribution in [0.4, 0.5) is 11.4 Å². The topological polar surface area (TPSA) is 187 Å². The number of hydrogen-bond donors (Lipinski definition) is 0. The Morgan fingerprint density at radius 2 is 1.03 bits per heavy atom. The quantitative estimate of drug-likeness (QED) is 0.131. The van der Waals surface area contributed by atoms with Gasteiger partial charge in [-0.25, -0.2) is 16.8 Å². The molecule has 180 valence electrons. The molecule has 0 heterocycles. The van der Waals surface area contributed by atoms with Gasteiger partial charge in [0, 0.05) is 12.8 Å². The molecular formula is C22H22N4Na2O6S2. The second kappa shape index (κ2) is 16.6. The molecule has 0 fully saturated rings. The van der Waals surface area contributed by atoms with Gasteiger partial charge in [0.15, 0.2) is 0 Å². The van der Waals surface area contributed by atoms with Crippen molar-refractivity contribution < 1.29 is 85.1 Å². The Kier molecular flexibility index (Phi) is 16.1. The van der Waals surface area contributed by atoms with E-state index >= 15 is 0 Å². The standard InChI is InChI=1S/C22H24N4O6S2.2Na/c23-13-5-1-3-7-17-15-19(9-11-21(17)33(27,28)29)25-26-20-10-12-22(34(30,31)32)18(16-20)8-4-2-6-14-24;;/h9-12,15-16H,1-8H2,(H,27,28,29)(H,30,31,32);;/q;2*+1/p-2. The van der Waals surface area contributed by atoms with Crippen molar-refractivity contribution >= 4 is 31.6 Å². The molecule has 2 aromatic carbocycles. The fraction of sp³-hybridized carbons (Fsp3) is 0.364. The van der Waals surface area contributed by atoms with Crippen LogP contribution in [0.2, 0.25) is 0 Å². The SMILES string of the molecule is N#CCCCCc1cc(N=Nc2ccc(S(=O)(=O)[O-])c(CCCCC#N)c2)ccc1S(=O)(=O)[O-].[Na+].[Na+]. The van der Waals surface area contributed by atoms with Crippen LogP contribution >= 0.6 is 0 Å². The predicted molar refractivity (Wildman–Crippen MR) is 119 cm³/mol. The fourth-order valence-electron chi connectivity index (χ4n) is 3.29. The van der Waals surface area contributed by atoms with Gasteiger partial charge >= 0.3 is 59.1 Å². The maximum atomic E-state index is 11.6. The number of azo groups is 1. The molecule has 2 aromatic rings. The zero-order chi connectivity index (χ0) is 25.2. The number of benzene rings is 2. The molecule has 10 nitrogen and oxygen atoms in total. The van der Waals surface area contributed by atoms with E-state index in [0.29, 0.717) is 38.5 Å². The zero-order valence-corrected chi connectivity index (χ0v) is 25.8. The molecule has 0 spiro atoms. The first kappa shape index (κ1) is 34.8. The second-order valence-electron chi connectivity index (χ2n) is 7.42. The zero-order valence-electron chi connectivity index (χ0n) is 20.2. The summed E-state index contributed by atoms with van der Waals surface area (Å²) in [4.78, 5) is -0.707. The van der Waals surface area contributed by atoms with Crippen molar-refractivity contribution in [3.63, 3.8) is 0 Å². The Hall–Kier alpha value is -1.16. The van der Waals surface area contributed by atoms with Crippen molar-refractivity contribution in [2.45, 2.75) is 61.2 Å². The molecule has 0 unspecified atom stereocenters. The summed E-state index contributed by atoms with van der Waals surface area (Å²) >= 11 is 0. The van der Waals surface area contributed by atoms with E-state index < -0.39 is 20.2 Å². The van der Waals surface area contributed by atoms with E-state index in [4.69, 9.17) is 10.5 Å². The summed E-state index contributed by atoms with van der Waals surface area (Å²) in [6, 6.07) is 11.8. The monoisotopic (exact) mass is 548 g/mol. The summed E-state index contributed by atoms with van der Waals surface area (Å²) in [5.74, 6) is 0. The van der Waals surface area contributed by atoms with Gasteiger partial charge in [0.2, 0.25) is 0 Å². The van der Waals surface area contributed by atoms with Gasteiger partial charge in [-0.3, -0.25) is 0 Å². The van der Waals surface area contributed by atoms with Gasteiger partial charge in [-0.05, 0) is 86.1 Å². The molecule has 2 rings (SSSR count). The first-order valence-electron chi connectivity index (χ1n) is 10.4. The number of aryl methyl sites for hydroxylation is 2. The molecule has 0 saturated heterocycles. The predicted octanol–water partition coefficient (Wildman–Crippen LogP) is -1.61.